The number of ether oxygens (including phenoxy) is 2. The average Bonchev–Trinajstić information content (AvgIpc) is 3.07. The van der Waals surface area contributed by atoms with E-state index in [9.17, 15) is 0 Å². The molecule has 3 rings (SSSR count). The van der Waals surface area contributed by atoms with Gasteiger partial charge in [-0.2, -0.15) is 0 Å². The molecule has 0 saturated heterocycles. The van der Waals surface area contributed by atoms with Gasteiger partial charge in [-0.15, -0.1) is 6.58 Å². The molecular weight excluding hydrogens is 550 g/mol. The lowest BCUT2D eigenvalue weighted by Crippen LogP contribution is -1.97. The van der Waals surface area contributed by atoms with Gasteiger partial charge in [0.25, 0.3) is 0 Å². The minimum atomic E-state index is 0.770. The monoisotopic (exact) mass is 611 g/mol. The number of hydrogen-bond acceptors (Lipinski definition) is 3. The van der Waals surface area contributed by atoms with Crippen molar-refractivity contribution in [2.24, 2.45) is 0 Å². The van der Waals surface area contributed by atoms with Gasteiger partial charge in [-0.25, -0.2) is 0 Å². The molecule has 1 heterocycles. The number of unbranched alkanes of at least 4 members (excludes halogenated alkanes) is 18. The zero-order valence-electron chi connectivity index (χ0n) is 28.5. The summed E-state index contributed by atoms with van der Waals surface area (Å²) in [4.78, 5) is 4.70. The maximum atomic E-state index is 6.01. The summed E-state index contributed by atoms with van der Waals surface area (Å²) in [6, 6.07) is 16.8. The Morgan fingerprint density at radius 1 is 0.556 bits per heavy atom. The number of aromatic nitrogens is 1. The number of benzene rings is 2. The lowest BCUT2D eigenvalue weighted by atomic mass is 10.1. The van der Waals surface area contributed by atoms with Crippen molar-refractivity contribution in [2.45, 2.75) is 135 Å². The maximum Gasteiger partial charge on any atom is 0.121 e. The smallest absolute Gasteiger partial charge is 0.121 e. The van der Waals surface area contributed by atoms with Crippen LogP contribution in [0.4, 0.5) is 0 Å². The van der Waals surface area contributed by atoms with Gasteiger partial charge in [0, 0.05) is 17.6 Å². The molecule has 3 aromatic rings. The van der Waals surface area contributed by atoms with Crippen LogP contribution in [-0.4, -0.2) is 18.2 Å². The van der Waals surface area contributed by atoms with Crippen LogP contribution < -0.4 is 9.47 Å². The molecule has 0 amide bonds. The van der Waals surface area contributed by atoms with Crippen molar-refractivity contribution < 1.29 is 9.47 Å². The summed E-state index contributed by atoms with van der Waals surface area (Å²) in [6.07, 6.45) is 34.6. The van der Waals surface area contributed by atoms with Crippen LogP contribution in [0.25, 0.3) is 23.1 Å². The minimum absolute atomic E-state index is 0.770. The highest BCUT2D eigenvalue weighted by molar-refractivity contribution is 5.83. The summed E-state index contributed by atoms with van der Waals surface area (Å²) in [6.45, 7) is 7.65. The van der Waals surface area contributed by atoms with Crippen LogP contribution in [0, 0.1) is 0 Å². The number of pyridine rings is 1. The van der Waals surface area contributed by atoms with E-state index in [0.717, 1.165) is 66.0 Å². The molecule has 0 atom stereocenters. The molecule has 3 heteroatoms. The first-order valence-electron chi connectivity index (χ1n) is 18.3. The van der Waals surface area contributed by atoms with E-state index in [4.69, 9.17) is 14.5 Å². The molecule has 0 aliphatic heterocycles. The lowest BCUT2D eigenvalue weighted by molar-refractivity contribution is 0.304. The fourth-order valence-corrected chi connectivity index (χ4v) is 5.76. The van der Waals surface area contributed by atoms with Crippen LogP contribution in [0.5, 0.6) is 11.5 Å². The van der Waals surface area contributed by atoms with E-state index in [2.05, 4.69) is 74.2 Å². The summed E-state index contributed by atoms with van der Waals surface area (Å²) >= 11 is 0. The molecule has 2 aromatic carbocycles. The van der Waals surface area contributed by atoms with Gasteiger partial charge < -0.3 is 9.47 Å². The topological polar surface area (TPSA) is 31.4 Å². The largest absolute Gasteiger partial charge is 0.494 e. The van der Waals surface area contributed by atoms with Gasteiger partial charge >= 0.3 is 0 Å². The summed E-state index contributed by atoms with van der Waals surface area (Å²) < 4.78 is 12.0. The molecule has 3 nitrogen and oxygen atoms in total. The van der Waals surface area contributed by atoms with Gasteiger partial charge in [0.2, 0.25) is 0 Å². The summed E-state index contributed by atoms with van der Waals surface area (Å²) in [5.74, 6) is 1.86. The molecule has 0 N–H and O–H groups in total. The third-order valence-electron chi connectivity index (χ3n) is 8.61. The number of fused-ring (bicyclic) bond motifs is 1. The Bertz CT molecular complexity index is 1200. The first-order valence-corrected chi connectivity index (χ1v) is 18.3. The van der Waals surface area contributed by atoms with Gasteiger partial charge in [-0.05, 0) is 67.1 Å². The zero-order chi connectivity index (χ0) is 31.6. The Hall–Kier alpha value is -3.07. The highest BCUT2D eigenvalue weighted by Gasteiger charge is 2.01. The Morgan fingerprint density at radius 3 is 1.67 bits per heavy atom. The van der Waals surface area contributed by atoms with E-state index < -0.39 is 0 Å². The predicted molar refractivity (Wildman–Crippen MR) is 196 cm³/mol. The zero-order valence-corrected chi connectivity index (χ0v) is 28.5. The van der Waals surface area contributed by atoms with Crippen molar-refractivity contribution in [3.05, 3.63) is 78.5 Å². The minimum Gasteiger partial charge on any atom is -0.494 e. The van der Waals surface area contributed by atoms with Gasteiger partial charge in [-0.1, -0.05) is 140 Å². The van der Waals surface area contributed by atoms with Crippen LogP contribution in [0.1, 0.15) is 146 Å². The molecule has 246 valence electrons. The maximum absolute atomic E-state index is 6.01. The second kappa shape index (κ2) is 24.2. The normalized spacial score (nSPS) is 11.4. The molecular formula is C42H61NO2. The molecule has 0 aliphatic carbocycles. The molecule has 0 bridgehead atoms. The van der Waals surface area contributed by atoms with Gasteiger partial charge in [-0.3, -0.25) is 4.98 Å². The molecule has 1 aromatic heterocycles. The van der Waals surface area contributed by atoms with Crippen molar-refractivity contribution in [3.8, 4) is 11.5 Å². The predicted octanol–water partition coefficient (Wildman–Crippen LogP) is 13.2. The van der Waals surface area contributed by atoms with E-state index in [0.29, 0.717) is 0 Å². The van der Waals surface area contributed by atoms with Crippen molar-refractivity contribution in [1.82, 2.24) is 4.98 Å². The van der Waals surface area contributed by atoms with Crippen LogP contribution >= 0.6 is 0 Å². The Labute approximate surface area is 275 Å². The second-order valence-corrected chi connectivity index (χ2v) is 12.7. The fraction of sp³-hybridized carbons (Fsp3) is 0.548. The van der Waals surface area contributed by atoms with Crippen molar-refractivity contribution in [3.63, 3.8) is 0 Å². The molecule has 0 unspecified atom stereocenters. The average molecular weight is 612 g/mol. The third-order valence-corrected chi connectivity index (χ3v) is 8.61. The number of hydrogen-bond donors (Lipinski definition) is 0. The third kappa shape index (κ3) is 16.7. The first-order chi connectivity index (χ1) is 22.3. The van der Waals surface area contributed by atoms with Crippen LogP contribution in [-0.2, 0) is 0 Å². The SMILES string of the molecule is C=CCCCCCCCCCOc1ccc2cc(/C=C/c3ccc(OCCCCCCCCCCCCCC)cc3)cnc2c1. The molecule has 0 radical (unpaired) electrons. The van der Waals surface area contributed by atoms with Crippen LogP contribution in [0.2, 0.25) is 0 Å². The van der Waals surface area contributed by atoms with E-state index in [-0.39, 0.29) is 0 Å². The van der Waals surface area contributed by atoms with E-state index in [1.54, 1.807) is 0 Å². The number of nitrogens with zero attached hydrogens (tertiary/aromatic N) is 1. The van der Waals surface area contributed by atoms with Crippen LogP contribution in [0.3, 0.4) is 0 Å². The van der Waals surface area contributed by atoms with E-state index in [1.165, 1.54) is 109 Å². The van der Waals surface area contributed by atoms with Crippen molar-refractivity contribution in [1.29, 1.82) is 0 Å². The fourth-order valence-electron chi connectivity index (χ4n) is 5.76. The van der Waals surface area contributed by atoms with E-state index in [1.807, 2.05) is 12.3 Å². The standard InChI is InChI=1S/C42H61NO2/c1-3-5-7-9-11-13-14-15-17-19-20-22-32-44-40-29-26-37(27-30-40)24-25-38-34-39-28-31-41(35-42(39)43-36-38)45-33-23-21-18-16-12-10-8-6-4-2/h4,24-31,34-36H,2-3,5-23,32-33H2,1H3/b25-24+. The van der Waals surface area contributed by atoms with Gasteiger partial charge in [0.1, 0.15) is 11.5 Å². The quantitative estimate of drug-likeness (QED) is 0.0635. The van der Waals surface area contributed by atoms with E-state index >= 15 is 0 Å². The summed E-state index contributed by atoms with van der Waals surface area (Å²) in [5, 5.41) is 1.13. The highest BCUT2D eigenvalue weighted by Crippen LogP contribution is 2.22. The Morgan fingerprint density at radius 2 is 1.07 bits per heavy atom. The second-order valence-electron chi connectivity index (χ2n) is 12.7. The molecule has 0 saturated carbocycles. The van der Waals surface area contributed by atoms with Crippen LogP contribution in [0.15, 0.2) is 67.4 Å². The molecule has 0 aliphatic rings. The first kappa shape index (κ1) is 36.4. The van der Waals surface area contributed by atoms with Crippen molar-refractivity contribution >= 4 is 23.1 Å². The summed E-state index contributed by atoms with van der Waals surface area (Å²) in [5.41, 5.74) is 3.22. The molecule has 45 heavy (non-hydrogen) atoms. The lowest BCUT2D eigenvalue weighted by Gasteiger charge is -2.08. The Kier molecular flexibility index (Phi) is 19.6. The molecule has 0 fully saturated rings. The molecule has 0 spiro atoms. The van der Waals surface area contributed by atoms with Crippen molar-refractivity contribution in [2.75, 3.05) is 13.2 Å². The van der Waals surface area contributed by atoms with Gasteiger partial charge in [0.05, 0.1) is 18.7 Å². The summed E-state index contributed by atoms with van der Waals surface area (Å²) in [7, 11) is 0. The highest BCUT2D eigenvalue weighted by atomic mass is 16.5. The number of allylic oxidation sites excluding steroid dienone is 1. The Balaban J connectivity index is 1.27. The van der Waals surface area contributed by atoms with Gasteiger partial charge in [0.15, 0.2) is 0 Å². The number of rotatable bonds is 27.